The Balaban J connectivity index is 2.03. The van der Waals surface area contributed by atoms with Crippen LogP contribution in [-0.2, 0) is 11.2 Å². The lowest BCUT2D eigenvalue weighted by atomic mass is 9.85. The van der Waals surface area contributed by atoms with Crippen LogP contribution in [0.15, 0.2) is 24.3 Å². The lowest BCUT2D eigenvalue weighted by Crippen LogP contribution is -2.25. The first-order chi connectivity index (χ1) is 9.19. The molecule has 19 heavy (non-hydrogen) atoms. The van der Waals surface area contributed by atoms with E-state index in [1.807, 2.05) is 24.3 Å². The minimum absolute atomic E-state index is 0.0279. The van der Waals surface area contributed by atoms with E-state index in [0.717, 1.165) is 30.1 Å². The van der Waals surface area contributed by atoms with Crippen molar-refractivity contribution in [2.45, 2.75) is 51.6 Å². The zero-order chi connectivity index (χ0) is 13.7. The molecule has 0 amide bonds. The van der Waals surface area contributed by atoms with E-state index in [2.05, 4.69) is 6.92 Å². The molecule has 104 valence electrons. The average Bonchev–Trinajstić information content (AvgIpc) is 2.41. The third-order valence-electron chi connectivity index (χ3n) is 3.92. The van der Waals surface area contributed by atoms with Gasteiger partial charge in [-0.1, -0.05) is 38.0 Å². The monoisotopic (exact) mass is 262 g/mol. The first-order valence-corrected chi connectivity index (χ1v) is 7.15. The Kier molecular flexibility index (Phi) is 4.83. The summed E-state index contributed by atoms with van der Waals surface area (Å²) in [7, 11) is 0. The molecule has 0 aromatic heterocycles. The molecule has 2 atom stereocenters. The highest BCUT2D eigenvalue weighted by atomic mass is 16.5. The molecule has 0 radical (unpaired) electrons. The summed E-state index contributed by atoms with van der Waals surface area (Å²) in [6.07, 6.45) is 6.16. The van der Waals surface area contributed by atoms with Gasteiger partial charge in [-0.25, -0.2) is 0 Å². The van der Waals surface area contributed by atoms with Gasteiger partial charge in [0.15, 0.2) is 0 Å². The Hall–Kier alpha value is -1.51. The van der Waals surface area contributed by atoms with Crippen LogP contribution in [0.25, 0.3) is 0 Å². The van der Waals surface area contributed by atoms with Crippen LogP contribution < -0.4 is 4.74 Å². The Bertz CT molecular complexity index is 428. The van der Waals surface area contributed by atoms with Crippen molar-refractivity contribution in [2.24, 2.45) is 5.92 Å². The molecule has 1 fully saturated rings. The van der Waals surface area contributed by atoms with Gasteiger partial charge >= 0.3 is 5.97 Å². The van der Waals surface area contributed by atoms with E-state index in [0.29, 0.717) is 0 Å². The van der Waals surface area contributed by atoms with Gasteiger partial charge in [-0.2, -0.15) is 0 Å². The molecule has 1 saturated carbocycles. The van der Waals surface area contributed by atoms with Crippen molar-refractivity contribution in [1.29, 1.82) is 0 Å². The number of hydrogen-bond acceptors (Lipinski definition) is 2. The number of carbonyl (C=O) groups is 1. The zero-order valence-electron chi connectivity index (χ0n) is 11.5. The summed E-state index contributed by atoms with van der Waals surface area (Å²) in [6.45, 7) is 2.23. The molecule has 0 spiro atoms. The van der Waals surface area contributed by atoms with Crippen LogP contribution in [0.4, 0.5) is 0 Å². The van der Waals surface area contributed by atoms with Gasteiger partial charge in [-0.15, -0.1) is 0 Å². The normalized spacial score (nSPS) is 23.0. The molecule has 1 aliphatic carbocycles. The standard InChI is InChI=1S/C16H22O3/c1-2-12-6-5-8-14(10-12)19-15-9-4-3-7-13(15)11-16(17)18/h3-4,7,9,12,14H,2,5-6,8,10-11H2,1H3,(H,17,18). The van der Waals surface area contributed by atoms with Crippen molar-refractivity contribution in [3.8, 4) is 5.75 Å². The van der Waals surface area contributed by atoms with Gasteiger partial charge in [0.05, 0.1) is 12.5 Å². The summed E-state index contributed by atoms with van der Waals surface area (Å²) in [6, 6.07) is 7.49. The van der Waals surface area contributed by atoms with E-state index in [9.17, 15) is 4.79 Å². The predicted molar refractivity (Wildman–Crippen MR) is 74.4 cm³/mol. The first kappa shape index (κ1) is 13.9. The number of carboxylic acids is 1. The number of carboxylic acid groups (broad SMARTS) is 1. The average molecular weight is 262 g/mol. The van der Waals surface area contributed by atoms with Crippen molar-refractivity contribution in [1.82, 2.24) is 0 Å². The Morgan fingerprint density at radius 3 is 2.89 bits per heavy atom. The van der Waals surface area contributed by atoms with Crippen LogP contribution in [0.3, 0.4) is 0 Å². The van der Waals surface area contributed by atoms with Gasteiger partial charge in [-0.05, 0) is 31.2 Å². The Morgan fingerprint density at radius 1 is 1.37 bits per heavy atom. The second-order valence-electron chi connectivity index (χ2n) is 5.36. The van der Waals surface area contributed by atoms with Crippen molar-refractivity contribution in [3.63, 3.8) is 0 Å². The molecule has 3 nitrogen and oxygen atoms in total. The third kappa shape index (κ3) is 3.98. The molecule has 1 aliphatic rings. The second-order valence-corrected chi connectivity index (χ2v) is 5.36. The maximum absolute atomic E-state index is 10.9. The van der Waals surface area contributed by atoms with Crippen LogP contribution in [0, 0.1) is 5.92 Å². The molecule has 1 N–H and O–H groups in total. The number of hydrogen-bond donors (Lipinski definition) is 1. The molecule has 1 aromatic carbocycles. The number of aliphatic carboxylic acids is 1. The molecule has 0 saturated heterocycles. The summed E-state index contributed by atoms with van der Waals surface area (Å²) in [5.41, 5.74) is 0.772. The van der Waals surface area contributed by atoms with Gasteiger partial charge in [0.25, 0.3) is 0 Å². The summed E-state index contributed by atoms with van der Waals surface area (Å²) < 4.78 is 6.06. The van der Waals surface area contributed by atoms with Gasteiger partial charge in [-0.3, -0.25) is 4.79 Å². The van der Waals surface area contributed by atoms with E-state index in [1.165, 1.54) is 19.3 Å². The smallest absolute Gasteiger partial charge is 0.307 e. The second kappa shape index (κ2) is 6.60. The van der Waals surface area contributed by atoms with E-state index < -0.39 is 5.97 Å². The van der Waals surface area contributed by atoms with Gasteiger partial charge in [0.2, 0.25) is 0 Å². The van der Waals surface area contributed by atoms with E-state index in [-0.39, 0.29) is 12.5 Å². The van der Waals surface area contributed by atoms with Crippen molar-refractivity contribution in [3.05, 3.63) is 29.8 Å². The largest absolute Gasteiger partial charge is 0.490 e. The Labute approximate surface area is 114 Å². The fraction of sp³-hybridized carbons (Fsp3) is 0.562. The molecule has 3 heteroatoms. The van der Waals surface area contributed by atoms with Crippen molar-refractivity contribution >= 4 is 5.97 Å². The highest BCUT2D eigenvalue weighted by Gasteiger charge is 2.22. The lowest BCUT2D eigenvalue weighted by molar-refractivity contribution is -0.136. The maximum Gasteiger partial charge on any atom is 0.307 e. The van der Waals surface area contributed by atoms with Crippen LogP contribution in [-0.4, -0.2) is 17.2 Å². The quantitative estimate of drug-likeness (QED) is 0.880. The summed E-state index contributed by atoms with van der Waals surface area (Å²) >= 11 is 0. The number of benzene rings is 1. The van der Waals surface area contributed by atoms with Gasteiger partial charge in [0, 0.05) is 5.56 Å². The van der Waals surface area contributed by atoms with Crippen LogP contribution >= 0.6 is 0 Å². The molecular formula is C16H22O3. The van der Waals surface area contributed by atoms with Crippen LogP contribution in [0.5, 0.6) is 5.75 Å². The highest BCUT2D eigenvalue weighted by Crippen LogP contribution is 2.30. The summed E-state index contributed by atoms with van der Waals surface area (Å²) in [4.78, 5) is 10.9. The van der Waals surface area contributed by atoms with Crippen molar-refractivity contribution < 1.29 is 14.6 Å². The van der Waals surface area contributed by atoms with Crippen LogP contribution in [0.2, 0.25) is 0 Å². The molecule has 1 aromatic rings. The Morgan fingerprint density at radius 2 is 2.16 bits per heavy atom. The minimum atomic E-state index is -0.814. The van der Waals surface area contributed by atoms with Crippen LogP contribution in [0.1, 0.15) is 44.6 Å². The minimum Gasteiger partial charge on any atom is -0.490 e. The van der Waals surface area contributed by atoms with E-state index in [4.69, 9.17) is 9.84 Å². The van der Waals surface area contributed by atoms with Crippen molar-refractivity contribution in [2.75, 3.05) is 0 Å². The fourth-order valence-electron chi connectivity index (χ4n) is 2.83. The predicted octanol–water partition coefficient (Wildman–Crippen LogP) is 3.66. The number of para-hydroxylation sites is 1. The van der Waals surface area contributed by atoms with E-state index in [1.54, 1.807) is 0 Å². The molecule has 0 heterocycles. The lowest BCUT2D eigenvalue weighted by Gasteiger charge is -2.29. The first-order valence-electron chi connectivity index (χ1n) is 7.15. The number of ether oxygens (including phenoxy) is 1. The number of rotatable bonds is 5. The van der Waals surface area contributed by atoms with Gasteiger partial charge in [0.1, 0.15) is 5.75 Å². The van der Waals surface area contributed by atoms with E-state index >= 15 is 0 Å². The topological polar surface area (TPSA) is 46.5 Å². The molecule has 0 aliphatic heterocycles. The highest BCUT2D eigenvalue weighted by molar-refractivity contribution is 5.71. The maximum atomic E-state index is 10.9. The zero-order valence-corrected chi connectivity index (χ0v) is 11.5. The SMILES string of the molecule is CCC1CCCC(Oc2ccccc2CC(=O)O)C1. The molecule has 2 rings (SSSR count). The summed E-state index contributed by atoms with van der Waals surface area (Å²) in [5.74, 6) is 0.683. The molecular weight excluding hydrogens is 240 g/mol. The molecule has 2 unspecified atom stereocenters. The third-order valence-corrected chi connectivity index (χ3v) is 3.92. The molecule has 0 bridgehead atoms. The summed E-state index contributed by atoms with van der Waals surface area (Å²) in [5, 5.41) is 8.92. The van der Waals surface area contributed by atoms with Gasteiger partial charge < -0.3 is 9.84 Å². The fourth-order valence-corrected chi connectivity index (χ4v) is 2.83.